The maximum atomic E-state index is 14.3. The van der Waals surface area contributed by atoms with Gasteiger partial charge in [0, 0.05) is 56.2 Å². The van der Waals surface area contributed by atoms with Gasteiger partial charge in [-0.15, -0.1) is 18.2 Å². The summed E-state index contributed by atoms with van der Waals surface area (Å²) in [5, 5.41) is 23.4. The second kappa shape index (κ2) is 21.0. The zero-order valence-electron chi connectivity index (χ0n) is 34.9. The summed E-state index contributed by atoms with van der Waals surface area (Å²) in [7, 11) is 3.04. The maximum Gasteiger partial charge on any atom is 0.329 e. The first-order valence-corrected chi connectivity index (χ1v) is 21.2. The van der Waals surface area contributed by atoms with Gasteiger partial charge in [-0.3, -0.25) is 14.4 Å². The molecule has 0 unspecified atom stereocenters. The molecule has 13 heteroatoms. The lowest BCUT2D eigenvalue weighted by molar-refractivity contribution is -0.302. The zero-order chi connectivity index (χ0) is 42.2. The van der Waals surface area contributed by atoms with Crippen molar-refractivity contribution in [1.82, 2.24) is 4.90 Å². The number of Topliss-reactive ketones (excluding diaryl/α,β-unsaturated/α-hetero) is 2. The number of ether oxygens (including phenoxy) is 4. The summed E-state index contributed by atoms with van der Waals surface area (Å²) in [6, 6.07) is -1.15. The van der Waals surface area contributed by atoms with Crippen LogP contribution >= 0.6 is 11.6 Å². The second-order valence-electron chi connectivity index (χ2n) is 17.2. The van der Waals surface area contributed by atoms with E-state index in [2.05, 4.69) is 6.58 Å². The van der Waals surface area contributed by atoms with Gasteiger partial charge in [-0.25, -0.2) is 4.79 Å². The molecule has 3 fully saturated rings. The van der Waals surface area contributed by atoms with Crippen LogP contribution in [0.5, 0.6) is 0 Å². The Bertz CT molecular complexity index is 1510. The van der Waals surface area contributed by atoms with E-state index in [-0.39, 0.29) is 54.7 Å². The van der Waals surface area contributed by atoms with Gasteiger partial charge in [0.1, 0.15) is 30.3 Å². The molecular formula is C44H66ClNO11. The summed E-state index contributed by atoms with van der Waals surface area (Å²) in [5.74, 6) is -8.20. The van der Waals surface area contributed by atoms with Crippen LogP contribution in [-0.4, -0.2) is 113 Å². The molecule has 2 saturated heterocycles. The molecule has 1 aliphatic carbocycles. The molecule has 1 amide bonds. The molecule has 0 radical (unpaired) electrons. The van der Waals surface area contributed by atoms with Crippen LogP contribution in [0.25, 0.3) is 0 Å². The number of esters is 1. The minimum Gasteiger partial charge on any atom is -0.456 e. The first-order valence-electron chi connectivity index (χ1n) is 20.8. The van der Waals surface area contributed by atoms with Gasteiger partial charge in [-0.05, 0) is 95.5 Å². The van der Waals surface area contributed by atoms with Gasteiger partial charge >= 0.3 is 5.97 Å². The number of aliphatic hydroxyl groups excluding tert-OH is 1. The maximum absolute atomic E-state index is 14.3. The average molecular weight is 820 g/mol. The molecule has 0 aromatic rings. The number of alkyl halides is 1. The molecule has 57 heavy (non-hydrogen) atoms. The number of cyclic esters (lactones) is 1. The Morgan fingerprint density at radius 1 is 1.04 bits per heavy atom. The quantitative estimate of drug-likeness (QED) is 0.107. The topological polar surface area (TPSA) is 166 Å². The third kappa shape index (κ3) is 11.3. The first-order chi connectivity index (χ1) is 27.0. The van der Waals surface area contributed by atoms with Crippen LogP contribution in [0.3, 0.4) is 0 Å². The van der Waals surface area contributed by atoms with E-state index < -0.39 is 77.8 Å². The van der Waals surface area contributed by atoms with E-state index in [1.54, 1.807) is 26.8 Å². The van der Waals surface area contributed by atoms with Crippen LogP contribution in [0.1, 0.15) is 105 Å². The van der Waals surface area contributed by atoms with Crippen molar-refractivity contribution in [2.45, 2.75) is 153 Å². The number of halogens is 1. The summed E-state index contributed by atoms with van der Waals surface area (Å²) in [6.45, 7) is 13.1. The fourth-order valence-corrected chi connectivity index (χ4v) is 9.66. The summed E-state index contributed by atoms with van der Waals surface area (Å²) in [4.78, 5) is 69.6. The Morgan fingerprint density at radius 2 is 1.72 bits per heavy atom. The van der Waals surface area contributed by atoms with E-state index in [4.69, 9.17) is 30.5 Å². The molecule has 2 bridgehead atoms. The molecule has 0 spiro atoms. The highest BCUT2D eigenvalue weighted by molar-refractivity contribution is 6.39. The van der Waals surface area contributed by atoms with Crippen LogP contribution in [0, 0.1) is 35.5 Å². The van der Waals surface area contributed by atoms with Crippen molar-refractivity contribution in [2.24, 2.45) is 35.5 Å². The van der Waals surface area contributed by atoms with E-state index in [1.807, 2.05) is 26.0 Å². The lowest BCUT2D eigenvalue weighted by Gasteiger charge is -2.47. The lowest BCUT2D eigenvalue weighted by Crippen LogP contribution is -2.64. The number of hydrogen-bond acceptors (Lipinski definition) is 11. The number of ketones is 2. The van der Waals surface area contributed by atoms with Crippen molar-refractivity contribution in [3.63, 3.8) is 0 Å². The smallest absolute Gasteiger partial charge is 0.329 e. The third-order valence-corrected chi connectivity index (χ3v) is 13.3. The fourth-order valence-electron chi connectivity index (χ4n) is 9.37. The number of fused-ring (bicyclic) bond motifs is 3. The molecule has 3 heterocycles. The van der Waals surface area contributed by atoms with Gasteiger partial charge in [0.05, 0.1) is 18.3 Å². The number of aldehydes is 1. The number of hydrogen-bond donors (Lipinski definition) is 2. The van der Waals surface area contributed by atoms with Crippen LogP contribution < -0.4 is 0 Å². The molecule has 320 valence electrons. The molecule has 4 aliphatic rings. The molecule has 0 aromatic heterocycles. The second-order valence-corrected chi connectivity index (χ2v) is 17.8. The number of aliphatic hydroxyl groups is 2. The van der Waals surface area contributed by atoms with E-state index in [9.17, 15) is 34.2 Å². The molecule has 4 rings (SSSR count). The number of allylic oxidation sites excluding steroid dienone is 4. The molecule has 2 N–H and O–H groups in total. The highest BCUT2D eigenvalue weighted by Gasteiger charge is 2.56. The minimum absolute atomic E-state index is 0.00498. The lowest BCUT2D eigenvalue weighted by atomic mass is 9.79. The van der Waals surface area contributed by atoms with E-state index >= 15 is 0 Å². The standard InChI is InChI=1S/C44H66ClNO11/c1-9-12-31-18-25(2)17-26(3)19-37(54-7)40-38(55-8)21-28(5)44(53,57-40)41(50)42(51)46-16-11-10-13-34(46)43(52)56-39(29(6)35(48)23-36(31)49)27(4)20-30-14-15-33(45)32(22-30)24-47/h9,18,20,24,26,28-35,37-40,48,53H,1,10-17,19,21-23H2,2-8H3/b25-18+,27-20+/t26-,28+,29+,30-,31+,32-,33+,34-,35-,37-,38-,39+,40+,44+/m0/s1. The summed E-state index contributed by atoms with van der Waals surface area (Å²) in [5.41, 5.74) is 1.58. The number of amides is 1. The summed E-state index contributed by atoms with van der Waals surface area (Å²) in [6.07, 6.45) is 6.73. The Kier molecular flexibility index (Phi) is 17.3. The highest BCUT2D eigenvalue weighted by Crippen LogP contribution is 2.39. The summed E-state index contributed by atoms with van der Waals surface area (Å²) < 4.78 is 24.2. The fraction of sp³-hybridized carbons (Fsp3) is 0.750. The molecule has 12 nitrogen and oxygen atoms in total. The Morgan fingerprint density at radius 3 is 2.37 bits per heavy atom. The number of carbonyl (C=O) groups excluding carboxylic acids is 5. The van der Waals surface area contributed by atoms with E-state index in [0.29, 0.717) is 56.9 Å². The third-order valence-electron chi connectivity index (χ3n) is 12.8. The van der Waals surface area contributed by atoms with E-state index in [1.165, 1.54) is 19.1 Å². The van der Waals surface area contributed by atoms with Gasteiger partial charge in [0.25, 0.3) is 11.7 Å². The van der Waals surface area contributed by atoms with Crippen molar-refractivity contribution < 1.29 is 53.1 Å². The SMILES string of the molecule is C=CC[C@@H]1/C=C(\C)C[C@H](C)C[C@H](OC)[C@H]2O[C@@](O)(C(=O)C(=O)N3CCCC[C@H]3C(=O)O[C@H](/C(C)=C/[C@@H]3CC[C@@H](Cl)[C@H](C=O)C3)[C@H](C)[C@@H](O)CC1=O)[C@H](C)C[C@@H]2OC. The Hall–Kier alpha value is -2.74. The number of piperidine rings is 1. The van der Waals surface area contributed by atoms with Crippen molar-refractivity contribution in [3.8, 4) is 0 Å². The van der Waals surface area contributed by atoms with Crippen molar-refractivity contribution in [3.05, 3.63) is 36.0 Å². The average Bonchev–Trinajstić information content (AvgIpc) is 3.18. The molecule has 14 atom stereocenters. The number of carbonyl (C=O) groups is 5. The van der Waals surface area contributed by atoms with Crippen LogP contribution in [0.2, 0.25) is 0 Å². The van der Waals surface area contributed by atoms with Gasteiger partial charge in [-0.1, -0.05) is 44.6 Å². The predicted octanol–water partition coefficient (Wildman–Crippen LogP) is 5.69. The normalized spacial score (nSPS) is 40.9. The molecule has 3 aliphatic heterocycles. The van der Waals surface area contributed by atoms with Crippen LogP contribution in [-0.2, 0) is 42.9 Å². The van der Waals surface area contributed by atoms with Gasteiger partial charge in [-0.2, -0.15) is 0 Å². The van der Waals surface area contributed by atoms with Crippen molar-refractivity contribution >= 4 is 41.3 Å². The van der Waals surface area contributed by atoms with Crippen molar-refractivity contribution in [2.75, 3.05) is 20.8 Å². The van der Waals surface area contributed by atoms with Gasteiger partial charge in [0.15, 0.2) is 0 Å². The highest BCUT2D eigenvalue weighted by atomic mass is 35.5. The summed E-state index contributed by atoms with van der Waals surface area (Å²) >= 11 is 6.42. The van der Waals surface area contributed by atoms with Crippen LogP contribution in [0.15, 0.2) is 36.0 Å². The molecule has 0 aromatic carbocycles. The predicted molar refractivity (Wildman–Crippen MR) is 215 cm³/mol. The van der Waals surface area contributed by atoms with Crippen LogP contribution in [0.4, 0.5) is 0 Å². The molecule has 1 saturated carbocycles. The van der Waals surface area contributed by atoms with Gasteiger partial charge in [0.2, 0.25) is 5.79 Å². The number of rotatable bonds is 7. The zero-order valence-corrected chi connectivity index (χ0v) is 35.7. The molecular weight excluding hydrogens is 754 g/mol. The monoisotopic (exact) mass is 819 g/mol. The minimum atomic E-state index is -2.52. The van der Waals surface area contributed by atoms with Gasteiger partial charge < -0.3 is 38.9 Å². The number of nitrogens with zero attached hydrogens (tertiary/aromatic N) is 1. The largest absolute Gasteiger partial charge is 0.456 e. The number of methoxy groups -OCH3 is 2. The van der Waals surface area contributed by atoms with Crippen molar-refractivity contribution in [1.29, 1.82) is 0 Å². The Balaban J connectivity index is 1.78. The Labute approximate surface area is 343 Å². The first kappa shape index (κ1) is 46.9. The van der Waals surface area contributed by atoms with E-state index in [0.717, 1.165) is 11.9 Å².